The zero-order valence-electron chi connectivity index (χ0n) is 16.4. The van der Waals surface area contributed by atoms with Crippen LogP contribution in [-0.2, 0) is 22.6 Å². The average Bonchev–Trinajstić information content (AvgIpc) is 3.20. The minimum absolute atomic E-state index is 0.0286. The monoisotopic (exact) mass is 489 g/mol. The first-order valence-electron chi connectivity index (χ1n) is 9.44. The van der Waals surface area contributed by atoms with Gasteiger partial charge >= 0.3 is 0 Å². The molecule has 1 N–H and O–H groups in total. The Labute approximate surface area is 187 Å². The van der Waals surface area contributed by atoms with Crippen molar-refractivity contribution in [2.75, 3.05) is 13.1 Å². The summed E-state index contributed by atoms with van der Waals surface area (Å²) in [4.78, 5) is 30.9. The zero-order valence-corrected chi connectivity index (χ0v) is 18.8. The Bertz CT molecular complexity index is 1020. The molecule has 2 amide bonds. The molecule has 0 atom stereocenters. The van der Waals surface area contributed by atoms with E-state index in [-0.39, 0.29) is 37.1 Å². The molecule has 0 bridgehead atoms. The van der Waals surface area contributed by atoms with Gasteiger partial charge in [-0.15, -0.1) is 11.3 Å². The summed E-state index contributed by atoms with van der Waals surface area (Å²) < 4.78 is 13.9. The molecule has 3 rings (SSSR count). The maximum atomic E-state index is 12.9. The van der Waals surface area contributed by atoms with Gasteiger partial charge in [0.2, 0.25) is 11.8 Å². The number of nitrogens with one attached hydrogen (secondary N) is 1. The van der Waals surface area contributed by atoms with Gasteiger partial charge in [0.15, 0.2) is 0 Å². The van der Waals surface area contributed by atoms with Crippen LogP contribution in [0.2, 0.25) is 0 Å². The van der Waals surface area contributed by atoms with Gasteiger partial charge in [0, 0.05) is 28.5 Å². The summed E-state index contributed by atoms with van der Waals surface area (Å²) in [6.07, 6.45) is 0.142. The van der Waals surface area contributed by atoms with E-state index in [1.54, 1.807) is 12.1 Å². The molecule has 1 heterocycles. The molecule has 3 aromatic rings. The molecule has 0 fully saturated rings. The number of rotatable bonds is 8. The predicted octanol–water partition coefficient (Wildman–Crippen LogP) is 4.42. The van der Waals surface area contributed by atoms with Gasteiger partial charge in [-0.2, -0.15) is 0 Å². The van der Waals surface area contributed by atoms with E-state index in [2.05, 4.69) is 26.2 Å². The largest absolute Gasteiger partial charge is 0.350 e. The summed E-state index contributed by atoms with van der Waals surface area (Å²) in [6.45, 7) is 2.51. The van der Waals surface area contributed by atoms with E-state index in [1.165, 1.54) is 28.4 Å². The first kappa shape index (κ1) is 22.1. The van der Waals surface area contributed by atoms with Gasteiger partial charge in [0.25, 0.3) is 0 Å². The molecule has 156 valence electrons. The highest BCUT2D eigenvalue weighted by molar-refractivity contribution is 9.10. The van der Waals surface area contributed by atoms with Gasteiger partial charge in [0.1, 0.15) is 10.8 Å². The average molecular weight is 490 g/mol. The van der Waals surface area contributed by atoms with Crippen molar-refractivity contribution in [2.45, 2.75) is 19.9 Å². The van der Waals surface area contributed by atoms with Crippen LogP contribution in [-0.4, -0.2) is 34.8 Å². The maximum absolute atomic E-state index is 12.9. The molecule has 0 unspecified atom stereocenters. The Hall–Kier alpha value is -2.58. The van der Waals surface area contributed by atoms with Crippen LogP contribution in [0, 0.1) is 5.82 Å². The molecule has 0 spiro atoms. The summed E-state index contributed by atoms with van der Waals surface area (Å²) >= 11 is 4.93. The second-order valence-electron chi connectivity index (χ2n) is 6.64. The van der Waals surface area contributed by atoms with Gasteiger partial charge in [-0.3, -0.25) is 9.59 Å². The van der Waals surface area contributed by atoms with Crippen molar-refractivity contribution in [3.63, 3.8) is 0 Å². The van der Waals surface area contributed by atoms with Crippen molar-refractivity contribution < 1.29 is 14.0 Å². The minimum atomic E-state index is -0.321. The lowest BCUT2D eigenvalue weighted by molar-refractivity contribution is -0.135. The quantitative estimate of drug-likeness (QED) is 0.509. The smallest absolute Gasteiger partial charge is 0.239 e. The van der Waals surface area contributed by atoms with Gasteiger partial charge in [-0.25, -0.2) is 9.37 Å². The first-order chi connectivity index (χ1) is 14.4. The molecule has 8 heteroatoms. The van der Waals surface area contributed by atoms with E-state index in [1.807, 2.05) is 36.6 Å². The number of carbonyl (C=O) groups is 2. The van der Waals surface area contributed by atoms with Gasteiger partial charge < -0.3 is 10.2 Å². The van der Waals surface area contributed by atoms with Crippen molar-refractivity contribution in [3.05, 3.63) is 75.5 Å². The fraction of sp³-hybridized carbons (Fsp3) is 0.227. The highest BCUT2D eigenvalue weighted by Gasteiger charge is 2.17. The summed E-state index contributed by atoms with van der Waals surface area (Å²) in [7, 11) is 0. The van der Waals surface area contributed by atoms with Gasteiger partial charge in [-0.05, 0) is 36.8 Å². The summed E-state index contributed by atoms with van der Waals surface area (Å²) in [5.41, 5.74) is 2.47. The van der Waals surface area contributed by atoms with E-state index in [0.29, 0.717) is 12.2 Å². The molecule has 5 nitrogen and oxygen atoms in total. The Morgan fingerprint density at radius 2 is 1.97 bits per heavy atom. The number of aromatic nitrogens is 1. The lowest BCUT2D eigenvalue weighted by atomic mass is 10.2. The third kappa shape index (κ3) is 6.21. The Balaban J connectivity index is 1.54. The lowest BCUT2D eigenvalue weighted by Gasteiger charge is -2.20. The number of nitrogens with zero attached hydrogens (tertiary/aromatic N) is 2. The van der Waals surface area contributed by atoms with Crippen molar-refractivity contribution in [1.82, 2.24) is 15.2 Å². The van der Waals surface area contributed by atoms with Crippen LogP contribution < -0.4 is 5.32 Å². The topological polar surface area (TPSA) is 62.3 Å². The molecule has 0 aliphatic heterocycles. The molecule has 2 aromatic carbocycles. The number of carbonyl (C=O) groups excluding carboxylic acids is 2. The number of halogens is 2. The fourth-order valence-electron chi connectivity index (χ4n) is 2.82. The molecule has 0 aliphatic rings. The van der Waals surface area contributed by atoms with E-state index in [9.17, 15) is 14.0 Å². The van der Waals surface area contributed by atoms with Crippen LogP contribution in [0.5, 0.6) is 0 Å². The molecule has 1 aromatic heterocycles. The van der Waals surface area contributed by atoms with Crippen molar-refractivity contribution in [3.8, 4) is 10.6 Å². The van der Waals surface area contributed by atoms with Crippen LogP contribution in [0.25, 0.3) is 10.6 Å². The third-order valence-corrected chi connectivity index (χ3v) is 5.86. The van der Waals surface area contributed by atoms with Crippen LogP contribution >= 0.6 is 27.3 Å². The normalized spacial score (nSPS) is 10.6. The third-order valence-electron chi connectivity index (χ3n) is 4.43. The summed E-state index contributed by atoms with van der Waals surface area (Å²) in [5.74, 6) is -0.735. The molecule has 0 aliphatic carbocycles. The molecular formula is C22H21BrFN3O2S. The minimum Gasteiger partial charge on any atom is -0.350 e. The van der Waals surface area contributed by atoms with E-state index >= 15 is 0 Å². The number of benzene rings is 2. The van der Waals surface area contributed by atoms with Gasteiger partial charge in [0.05, 0.1) is 18.7 Å². The second-order valence-corrected chi connectivity index (χ2v) is 8.42. The van der Waals surface area contributed by atoms with Crippen molar-refractivity contribution >= 4 is 39.1 Å². The van der Waals surface area contributed by atoms with Crippen LogP contribution in [0.4, 0.5) is 4.39 Å². The highest BCUT2D eigenvalue weighted by Crippen LogP contribution is 2.26. The van der Waals surface area contributed by atoms with Crippen LogP contribution in [0.15, 0.2) is 58.4 Å². The number of likely N-dealkylation sites (N-methyl/N-ethyl adjacent to an activating group) is 1. The Morgan fingerprint density at radius 3 is 2.67 bits per heavy atom. The molecule has 0 saturated heterocycles. The standard InChI is InChI=1S/C22H21BrFN3O2S/c1-2-27(13-20(28)25-12-15-6-8-18(24)9-7-15)21(29)11-19-14-30-22(26-19)16-4-3-5-17(23)10-16/h3-10,14H,2,11-13H2,1H3,(H,25,28). The Morgan fingerprint density at radius 1 is 1.20 bits per heavy atom. The SMILES string of the molecule is CCN(CC(=O)NCc1ccc(F)cc1)C(=O)Cc1csc(-c2cccc(Br)c2)n1. The van der Waals surface area contributed by atoms with Crippen molar-refractivity contribution in [1.29, 1.82) is 0 Å². The van der Waals surface area contributed by atoms with E-state index in [4.69, 9.17) is 0 Å². The number of thiazole rings is 1. The molecule has 0 saturated carbocycles. The highest BCUT2D eigenvalue weighted by atomic mass is 79.9. The number of hydrogen-bond donors (Lipinski definition) is 1. The number of hydrogen-bond acceptors (Lipinski definition) is 4. The molecule has 30 heavy (non-hydrogen) atoms. The van der Waals surface area contributed by atoms with Gasteiger partial charge in [-0.1, -0.05) is 40.2 Å². The number of amides is 2. The second kappa shape index (κ2) is 10.4. The predicted molar refractivity (Wildman–Crippen MR) is 119 cm³/mol. The Kier molecular flexibility index (Phi) is 7.70. The molecule has 0 radical (unpaired) electrons. The van der Waals surface area contributed by atoms with E-state index < -0.39 is 0 Å². The van der Waals surface area contributed by atoms with Crippen molar-refractivity contribution in [2.24, 2.45) is 0 Å². The zero-order chi connectivity index (χ0) is 21.5. The van der Waals surface area contributed by atoms with Crippen LogP contribution in [0.3, 0.4) is 0 Å². The van der Waals surface area contributed by atoms with E-state index in [0.717, 1.165) is 20.6 Å². The van der Waals surface area contributed by atoms with Crippen LogP contribution in [0.1, 0.15) is 18.2 Å². The fourth-order valence-corrected chi connectivity index (χ4v) is 4.03. The summed E-state index contributed by atoms with van der Waals surface area (Å²) in [5, 5.41) is 5.48. The summed E-state index contributed by atoms with van der Waals surface area (Å²) in [6, 6.07) is 13.8. The first-order valence-corrected chi connectivity index (χ1v) is 11.1. The maximum Gasteiger partial charge on any atom is 0.239 e. The molecular weight excluding hydrogens is 469 g/mol. The lowest BCUT2D eigenvalue weighted by Crippen LogP contribution is -2.41.